The first-order chi connectivity index (χ1) is 15.7. The van der Waals surface area contributed by atoms with Crippen LogP contribution in [0.1, 0.15) is 41.3 Å². The Morgan fingerprint density at radius 2 is 1.97 bits per heavy atom. The summed E-state index contributed by atoms with van der Waals surface area (Å²) in [4.78, 5) is 33.7. The molecule has 2 amide bonds. The summed E-state index contributed by atoms with van der Waals surface area (Å²) in [6, 6.07) is 7.93. The Balaban J connectivity index is 1.65. The van der Waals surface area contributed by atoms with E-state index in [1.165, 1.54) is 18.3 Å². The molecule has 0 radical (unpaired) electrons. The van der Waals surface area contributed by atoms with Gasteiger partial charge in [0.1, 0.15) is 5.01 Å². The molecule has 0 bridgehead atoms. The van der Waals surface area contributed by atoms with E-state index < -0.39 is 21.0 Å². The number of rotatable bonds is 8. The zero-order chi connectivity index (χ0) is 23.8. The van der Waals surface area contributed by atoms with Crippen LogP contribution in [-0.4, -0.2) is 48.5 Å². The molecule has 33 heavy (non-hydrogen) atoms. The van der Waals surface area contributed by atoms with E-state index in [2.05, 4.69) is 20.6 Å². The van der Waals surface area contributed by atoms with Gasteiger partial charge in [-0.05, 0) is 56.0 Å². The predicted molar refractivity (Wildman–Crippen MR) is 129 cm³/mol. The van der Waals surface area contributed by atoms with Gasteiger partial charge in [-0.25, -0.2) is 13.4 Å². The van der Waals surface area contributed by atoms with Crippen LogP contribution >= 0.6 is 11.3 Å². The fourth-order valence-electron chi connectivity index (χ4n) is 3.51. The minimum absolute atomic E-state index is 0.162. The molecule has 1 saturated carbocycles. The molecule has 3 aromatic rings. The molecule has 1 aliphatic rings. The van der Waals surface area contributed by atoms with E-state index in [4.69, 9.17) is 0 Å². The van der Waals surface area contributed by atoms with Gasteiger partial charge in [-0.3, -0.25) is 14.6 Å². The van der Waals surface area contributed by atoms with Crippen molar-refractivity contribution in [2.24, 2.45) is 0 Å². The van der Waals surface area contributed by atoms with E-state index in [1.807, 2.05) is 38.1 Å². The van der Waals surface area contributed by atoms with Gasteiger partial charge in [0, 0.05) is 29.2 Å². The molecular formula is C23H26N4O4S2. The Kier molecular flexibility index (Phi) is 6.49. The predicted octanol–water partition coefficient (Wildman–Crippen LogP) is 2.85. The Labute approximate surface area is 196 Å². The van der Waals surface area contributed by atoms with Crippen molar-refractivity contribution < 1.29 is 18.0 Å². The van der Waals surface area contributed by atoms with Gasteiger partial charge in [0.25, 0.3) is 0 Å². The molecule has 1 aliphatic carbocycles. The number of thiazole rings is 1. The number of fused-ring (bicyclic) bond motifs is 1. The van der Waals surface area contributed by atoms with E-state index in [-0.39, 0.29) is 29.3 Å². The first-order valence-corrected chi connectivity index (χ1v) is 13.3. The number of carbonyl (C=O) groups is 2. The average molecular weight is 487 g/mol. The van der Waals surface area contributed by atoms with E-state index >= 15 is 0 Å². The first-order valence-electron chi connectivity index (χ1n) is 10.8. The quantitative estimate of drug-likeness (QED) is 0.506. The van der Waals surface area contributed by atoms with Crippen LogP contribution in [0.15, 0.2) is 30.5 Å². The highest BCUT2D eigenvalue weighted by Gasteiger charge is 2.36. The van der Waals surface area contributed by atoms with E-state index in [1.54, 1.807) is 6.20 Å². The molecule has 8 nitrogen and oxygen atoms in total. The van der Waals surface area contributed by atoms with Crippen LogP contribution in [0, 0.1) is 13.8 Å². The van der Waals surface area contributed by atoms with E-state index in [0.717, 1.165) is 39.9 Å². The Morgan fingerprint density at radius 1 is 1.21 bits per heavy atom. The van der Waals surface area contributed by atoms with Gasteiger partial charge in [-0.2, -0.15) is 0 Å². The van der Waals surface area contributed by atoms with Gasteiger partial charge < -0.3 is 10.6 Å². The van der Waals surface area contributed by atoms with Gasteiger partial charge in [0.05, 0.1) is 16.8 Å². The highest BCUT2D eigenvalue weighted by Crippen LogP contribution is 2.35. The summed E-state index contributed by atoms with van der Waals surface area (Å²) in [5.74, 6) is -1.27. The lowest BCUT2D eigenvalue weighted by Gasteiger charge is -2.14. The lowest BCUT2D eigenvalue weighted by atomic mass is 10.0. The monoisotopic (exact) mass is 486 g/mol. The minimum Gasteiger partial charge on any atom is -0.352 e. The number of hydrogen-bond acceptors (Lipinski definition) is 7. The molecule has 1 aromatic carbocycles. The van der Waals surface area contributed by atoms with Gasteiger partial charge in [0.15, 0.2) is 15.1 Å². The zero-order valence-electron chi connectivity index (χ0n) is 18.7. The summed E-state index contributed by atoms with van der Waals surface area (Å²) in [6.07, 6.45) is 3.66. The summed E-state index contributed by atoms with van der Waals surface area (Å²) in [7, 11) is -3.80. The fraction of sp³-hybridized carbons (Fsp3) is 0.391. The summed E-state index contributed by atoms with van der Waals surface area (Å²) in [5.41, 5.74) is 4.45. The van der Waals surface area contributed by atoms with E-state index in [0.29, 0.717) is 5.52 Å². The third-order valence-corrected chi connectivity index (χ3v) is 8.76. The summed E-state index contributed by atoms with van der Waals surface area (Å²) in [5, 5.41) is 3.99. The molecule has 0 saturated heterocycles. The van der Waals surface area contributed by atoms with Crippen molar-refractivity contribution in [3.05, 3.63) is 46.7 Å². The molecule has 2 heterocycles. The van der Waals surface area contributed by atoms with Gasteiger partial charge >= 0.3 is 0 Å². The molecule has 10 heteroatoms. The lowest BCUT2D eigenvalue weighted by Crippen LogP contribution is -2.41. The van der Waals surface area contributed by atoms with Crippen molar-refractivity contribution in [2.75, 3.05) is 12.3 Å². The molecule has 1 atom stereocenters. The number of aryl methyl sites for hydroxylation is 2. The molecule has 0 aliphatic heterocycles. The van der Waals surface area contributed by atoms with E-state index in [9.17, 15) is 18.0 Å². The number of benzene rings is 1. The van der Waals surface area contributed by atoms with Gasteiger partial charge in [0.2, 0.25) is 11.8 Å². The van der Waals surface area contributed by atoms with Crippen molar-refractivity contribution in [3.8, 4) is 11.1 Å². The maximum atomic E-state index is 12.9. The number of pyridine rings is 1. The van der Waals surface area contributed by atoms with Crippen molar-refractivity contribution in [1.82, 2.24) is 20.6 Å². The molecule has 1 fully saturated rings. The van der Waals surface area contributed by atoms with Crippen LogP contribution in [0.25, 0.3) is 21.3 Å². The summed E-state index contributed by atoms with van der Waals surface area (Å²) in [6.45, 7) is 5.11. The molecule has 2 N–H and O–H groups in total. The largest absolute Gasteiger partial charge is 0.352 e. The normalized spacial score (nSPS) is 14.8. The van der Waals surface area contributed by atoms with Crippen molar-refractivity contribution in [2.45, 2.75) is 44.9 Å². The fourth-order valence-corrected chi connectivity index (χ4v) is 6.16. The Morgan fingerprint density at radius 3 is 2.61 bits per heavy atom. The smallest absolute Gasteiger partial charge is 0.245 e. The summed E-state index contributed by atoms with van der Waals surface area (Å²) < 4.78 is 26.4. The van der Waals surface area contributed by atoms with Crippen LogP contribution in [0.2, 0.25) is 0 Å². The number of hydrogen-bond donors (Lipinski definition) is 2. The Hall–Kier alpha value is -2.85. The number of nitrogens with one attached hydrogen (secondary N) is 2. The minimum atomic E-state index is -3.80. The maximum absolute atomic E-state index is 12.9. The third-order valence-electron chi connectivity index (χ3n) is 5.56. The highest BCUT2D eigenvalue weighted by atomic mass is 32.2. The number of carbonyl (C=O) groups excluding carboxylic acids is 2. The Bertz CT molecular complexity index is 1310. The first kappa shape index (κ1) is 23.3. The number of aromatic nitrogens is 2. The van der Waals surface area contributed by atoms with Crippen LogP contribution in [0.3, 0.4) is 0 Å². The molecule has 1 unspecified atom stereocenters. The SMILES string of the molecule is CCS(=O)(=O)C(C(=O)NCC(=O)NC1CC1)c1nc2cc(C)c(-c3ccc(C)nc3)cc2s1. The molecule has 2 aromatic heterocycles. The maximum Gasteiger partial charge on any atom is 0.245 e. The molecule has 174 valence electrons. The van der Waals surface area contributed by atoms with Crippen LogP contribution in [0.4, 0.5) is 0 Å². The van der Waals surface area contributed by atoms with Crippen LogP contribution in [0.5, 0.6) is 0 Å². The van der Waals surface area contributed by atoms with Crippen molar-refractivity contribution in [1.29, 1.82) is 0 Å². The molecule has 0 spiro atoms. The van der Waals surface area contributed by atoms with Crippen molar-refractivity contribution >= 4 is 43.2 Å². The second-order valence-corrected chi connectivity index (χ2v) is 11.7. The average Bonchev–Trinajstić information content (AvgIpc) is 3.50. The second kappa shape index (κ2) is 9.18. The number of nitrogens with zero attached hydrogens (tertiary/aromatic N) is 2. The van der Waals surface area contributed by atoms with Crippen LogP contribution < -0.4 is 10.6 Å². The molecular weight excluding hydrogens is 460 g/mol. The lowest BCUT2D eigenvalue weighted by molar-refractivity contribution is -0.126. The van der Waals surface area contributed by atoms with Crippen LogP contribution in [-0.2, 0) is 19.4 Å². The standard InChI is InChI=1S/C23H26N4O4S2/c1-4-33(30,31)21(22(29)25-12-20(28)26-16-7-8-16)23-27-18-9-13(2)17(10-19(18)32-23)15-6-5-14(3)24-11-15/h5-6,9-11,16,21H,4,7-8,12H2,1-3H3,(H,25,29)(H,26,28). The number of sulfone groups is 1. The van der Waals surface area contributed by atoms with Gasteiger partial charge in [-0.1, -0.05) is 13.0 Å². The van der Waals surface area contributed by atoms with Crippen molar-refractivity contribution in [3.63, 3.8) is 0 Å². The zero-order valence-corrected chi connectivity index (χ0v) is 20.3. The third kappa shape index (κ3) is 5.22. The second-order valence-electron chi connectivity index (χ2n) is 8.27. The topological polar surface area (TPSA) is 118 Å². The molecule has 4 rings (SSSR count). The highest BCUT2D eigenvalue weighted by molar-refractivity contribution is 7.92. The summed E-state index contributed by atoms with van der Waals surface area (Å²) >= 11 is 1.18. The number of amides is 2. The van der Waals surface area contributed by atoms with Gasteiger partial charge in [-0.15, -0.1) is 11.3 Å².